The van der Waals surface area contributed by atoms with Crippen LogP contribution < -0.4 is 4.74 Å². The standard InChI is InChI=1S/C17H16BrFO2/c1-2-3-4-12-5-7-13(8-6-12)17(20)21-16-10-9-14(19)11-15(16)18/h5-11H,2-4H2,1H3. The van der Waals surface area contributed by atoms with Crippen molar-refractivity contribution in [3.63, 3.8) is 0 Å². The van der Waals surface area contributed by atoms with E-state index >= 15 is 0 Å². The number of hydrogen-bond acceptors (Lipinski definition) is 2. The molecule has 110 valence electrons. The van der Waals surface area contributed by atoms with Crippen LogP contribution in [0.3, 0.4) is 0 Å². The van der Waals surface area contributed by atoms with Gasteiger partial charge in [-0.2, -0.15) is 0 Å². The molecule has 0 aliphatic carbocycles. The average molecular weight is 351 g/mol. The van der Waals surface area contributed by atoms with Crippen molar-refractivity contribution in [2.45, 2.75) is 26.2 Å². The van der Waals surface area contributed by atoms with E-state index in [0.29, 0.717) is 15.8 Å². The smallest absolute Gasteiger partial charge is 0.343 e. The van der Waals surface area contributed by atoms with Crippen molar-refractivity contribution in [2.75, 3.05) is 0 Å². The van der Waals surface area contributed by atoms with Gasteiger partial charge in [0.05, 0.1) is 10.0 Å². The second kappa shape index (κ2) is 7.36. The van der Waals surface area contributed by atoms with Crippen LogP contribution in [0.15, 0.2) is 46.9 Å². The number of hydrogen-bond donors (Lipinski definition) is 0. The largest absolute Gasteiger partial charge is 0.422 e. The zero-order chi connectivity index (χ0) is 15.2. The molecule has 2 aromatic rings. The van der Waals surface area contributed by atoms with E-state index in [4.69, 9.17) is 4.74 Å². The number of esters is 1. The first-order valence-corrected chi connectivity index (χ1v) is 7.65. The minimum Gasteiger partial charge on any atom is -0.422 e. The molecule has 0 spiro atoms. The molecule has 0 aliphatic heterocycles. The number of halogens is 2. The van der Waals surface area contributed by atoms with E-state index < -0.39 is 5.97 Å². The maximum Gasteiger partial charge on any atom is 0.343 e. The third-order valence-electron chi connectivity index (χ3n) is 3.11. The van der Waals surface area contributed by atoms with Crippen LogP contribution in [-0.2, 0) is 6.42 Å². The predicted octanol–water partition coefficient (Wildman–Crippen LogP) is 5.15. The number of aryl methyl sites for hydroxylation is 1. The van der Waals surface area contributed by atoms with E-state index in [1.807, 2.05) is 12.1 Å². The van der Waals surface area contributed by atoms with E-state index in [1.54, 1.807) is 12.1 Å². The molecule has 21 heavy (non-hydrogen) atoms. The van der Waals surface area contributed by atoms with Crippen LogP contribution in [0.4, 0.5) is 4.39 Å². The summed E-state index contributed by atoms with van der Waals surface area (Å²) in [5.74, 6) is -0.539. The highest BCUT2D eigenvalue weighted by molar-refractivity contribution is 9.10. The Bertz CT molecular complexity index is 623. The summed E-state index contributed by atoms with van der Waals surface area (Å²) in [6.07, 6.45) is 3.28. The topological polar surface area (TPSA) is 26.3 Å². The molecular formula is C17H16BrFO2. The van der Waals surface area contributed by atoms with Gasteiger partial charge >= 0.3 is 5.97 Å². The van der Waals surface area contributed by atoms with Gasteiger partial charge in [-0.1, -0.05) is 25.5 Å². The molecule has 0 radical (unpaired) electrons. The zero-order valence-electron chi connectivity index (χ0n) is 11.7. The molecule has 2 aromatic carbocycles. The van der Waals surface area contributed by atoms with E-state index in [9.17, 15) is 9.18 Å². The third kappa shape index (κ3) is 4.39. The van der Waals surface area contributed by atoms with Crippen molar-refractivity contribution in [3.05, 3.63) is 63.9 Å². The summed E-state index contributed by atoms with van der Waals surface area (Å²) >= 11 is 3.17. The fourth-order valence-corrected chi connectivity index (χ4v) is 2.34. The van der Waals surface area contributed by atoms with Gasteiger partial charge in [-0.25, -0.2) is 9.18 Å². The highest BCUT2D eigenvalue weighted by Crippen LogP contribution is 2.26. The van der Waals surface area contributed by atoms with Crippen LogP contribution in [0.5, 0.6) is 5.75 Å². The fourth-order valence-electron chi connectivity index (χ4n) is 1.91. The van der Waals surface area contributed by atoms with Crippen LogP contribution in [0.2, 0.25) is 0 Å². The van der Waals surface area contributed by atoms with Crippen LogP contribution in [0.25, 0.3) is 0 Å². The lowest BCUT2D eigenvalue weighted by molar-refractivity contribution is 0.0733. The van der Waals surface area contributed by atoms with Crippen molar-refractivity contribution in [1.29, 1.82) is 0 Å². The van der Waals surface area contributed by atoms with E-state index in [-0.39, 0.29) is 5.82 Å². The number of benzene rings is 2. The van der Waals surface area contributed by atoms with Crippen LogP contribution in [0.1, 0.15) is 35.7 Å². The monoisotopic (exact) mass is 350 g/mol. The molecule has 0 atom stereocenters. The van der Waals surface area contributed by atoms with Crippen LogP contribution in [0, 0.1) is 5.82 Å². The summed E-state index contributed by atoms with van der Waals surface area (Å²) in [7, 11) is 0. The summed E-state index contributed by atoms with van der Waals surface area (Å²) in [5, 5.41) is 0. The molecule has 0 amide bonds. The summed E-state index contributed by atoms with van der Waals surface area (Å²) < 4.78 is 18.7. The number of carbonyl (C=O) groups excluding carboxylic acids is 1. The van der Waals surface area contributed by atoms with Gasteiger partial charge in [0.25, 0.3) is 0 Å². The van der Waals surface area contributed by atoms with Crippen molar-refractivity contribution < 1.29 is 13.9 Å². The molecule has 0 saturated carbocycles. The predicted molar refractivity (Wildman–Crippen MR) is 84.1 cm³/mol. The van der Waals surface area contributed by atoms with Crippen LogP contribution in [-0.4, -0.2) is 5.97 Å². The minimum atomic E-state index is -0.454. The van der Waals surface area contributed by atoms with E-state index in [1.165, 1.54) is 23.8 Å². The quantitative estimate of drug-likeness (QED) is 0.550. The van der Waals surface area contributed by atoms with Gasteiger partial charge in [0.1, 0.15) is 11.6 Å². The van der Waals surface area contributed by atoms with Gasteiger partial charge < -0.3 is 4.74 Å². The molecule has 0 fully saturated rings. The molecular weight excluding hydrogens is 335 g/mol. The zero-order valence-corrected chi connectivity index (χ0v) is 13.3. The first-order chi connectivity index (χ1) is 10.1. The number of unbranched alkanes of at least 4 members (excludes halogenated alkanes) is 1. The second-order valence-corrected chi connectivity index (χ2v) is 5.62. The Morgan fingerprint density at radius 1 is 1.19 bits per heavy atom. The van der Waals surface area contributed by atoms with Gasteiger partial charge in [-0.3, -0.25) is 0 Å². The Morgan fingerprint density at radius 3 is 2.52 bits per heavy atom. The first kappa shape index (κ1) is 15.7. The van der Waals surface area contributed by atoms with Gasteiger partial charge in [0.15, 0.2) is 0 Å². The third-order valence-corrected chi connectivity index (χ3v) is 3.72. The highest BCUT2D eigenvalue weighted by atomic mass is 79.9. The molecule has 2 nitrogen and oxygen atoms in total. The van der Waals surface area contributed by atoms with Crippen molar-refractivity contribution in [3.8, 4) is 5.75 Å². The molecule has 0 heterocycles. The molecule has 4 heteroatoms. The number of ether oxygens (including phenoxy) is 1. The molecule has 0 aromatic heterocycles. The normalized spacial score (nSPS) is 10.4. The lowest BCUT2D eigenvalue weighted by Gasteiger charge is -2.07. The minimum absolute atomic E-state index is 0.302. The Morgan fingerprint density at radius 2 is 1.90 bits per heavy atom. The second-order valence-electron chi connectivity index (χ2n) is 4.76. The molecule has 0 saturated heterocycles. The highest BCUT2D eigenvalue weighted by Gasteiger charge is 2.11. The molecule has 0 bridgehead atoms. The van der Waals surface area contributed by atoms with Gasteiger partial charge in [-0.05, 0) is 64.7 Å². The molecule has 0 N–H and O–H groups in total. The Kier molecular flexibility index (Phi) is 5.51. The van der Waals surface area contributed by atoms with Crippen molar-refractivity contribution in [2.24, 2.45) is 0 Å². The van der Waals surface area contributed by atoms with Gasteiger partial charge in [0, 0.05) is 0 Å². The first-order valence-electron chi connectivity index (χ1n) is 6.86. The summed E-state index contributed by atoms with van der Waals surface area (Å²) in [5.41, 5.74) is 1.68. The van der Waals surface area contributed by atoms with Crippen LogP contribution >= 0.6 is 15.9 Å². The SMILES string of the molecule is CCCCc1ccc(C(=O)Oc2ccc(F)cc2Br)cc1. The maximum atomic E-state index is 13.0. The fraction of sp³-hybridized carbons (Fsp3) is 0.235. The van der Waals surface area contributed by atoms with E-state index in [2.05, 4.69) is 22.9 Å². The summed E-state index contributed by atoms with van der Waals surface area (Å²) in [6.45, 7) is 2.15. The average Bonchev–Trinajstić information content (AvgIpc) is 2.48. The lowest BCUT2D eigenvalue weighted by atomic mass is 10.1. The summed E-state index contributed by atoms with van der Waals surface area (Å²) in [4.78, 5) is 12.0. The molecule has 0 unspecified atom stereocenters. The van der Waals surface area contributed by atoms with E-state index in [0.717, 1.165) is 19.3 Å². The van der Waals surface area contributed by atoms with Gasteiger partial charge in [0.2, 0.25) is 0 Å². The van der Waals surface area contributed by atoms with Crippen molar-refractivity contribution in [1.82, 2.24) is 0 Å². The summed E-state index contributed by atoms with van der Waals surface area (Å²) in [6, 6.07) is 11.3. The maximum absolute atomic E-state index is 13.0. The van der Waals surface area contributed by atoms with Crippen molar-refractivity contribution >= 4 is 21.9 Å². The lowest BCUT2D eigenvalue weighted by Crippen LogP contribution is -2.09. The van der Waals surface area contributed by atoms with Gasteiger partial charge in [-0.15, -0.1) is 0 Å². The Balaban J connectivity index is 2.06. The molecule has 0 aliphatic rings. The molecule has 2 rings (SSSR count). The Labute approximate surface area is 132 Å². The Hall–Kier alpha value is -1.68. The number of rotatable bonds is 5. The number of carbonyl (C=O) groups is 1.